The number of hydrogen-bond acceptors (Lipinski definition) is 8. The summed E-state index contributed by atoms with van der Waals surface area (Å²) in [5, 5.41) is 23.0. The Bertz CT molecular complexity index is 750. The van der Waals surface area contributed by atoms with Crippen LogP contribution in [0.4, 0.5) is 16.5 Å². The molecule has 25 heavy (non-hydrogen) atoms. The second kappa shape index (κ2) is 8.25. The maximum Gasteiger partial charge on any atom is 0.207 e. The van der Waals surface area contributed by atoms with Crippen LogP contribution in [0, 0.1) is 11.3 Å². The number of nitriles is 1. The zero-order chi connectivity index (χ0) is 17.6. The highest BCUT2D eigenvalue weighted by atomic mass is 32.1. The van der Waals surface area contributed by atoms with Crippen molar-refractivity contribution < 1.29 is 9.84 Å². The van der Waals surface area contributed by atoms with E-state index in [4.69, 9.17) is 4.74 Å². The van der Waals surface area contributed by atoms with Crippen molar-refractivity contribution in [3.8, 4) is 6.07 Å². The second-order valence-corrected chi connectivity index (χ2v) is 6.70. The molecule has 1 aliphatic rings. The summed E-state index contributed by atoms with van der Waals surface area (Å²) in [4.78, 5) is 6.57. The number of ether oxygens (including phenoxy) is 1. The predicted molar refractivity (Wildman–Crippen MR) is 97.4 cm³/mol. The van der Waals surface area contributed by atoms with E-state index >= 15 is 0 Å². The van der Waals surface area contributed by atoms with Gasteiger partial charge in [0.1, 0.15) is 11.9 Å². The molecule has 0 atom stereocenters. The topological polar surface area (TPSA) is 94.3 Å². The van der Waals surface area contributed by atoms with Gasteiger partial charge >= 0.3 is 0 Å². The maximum absolute atomic E-state index is 9.64. The molecule has 0 spiro atoms. The van der Waals surface area contributed by atoms with E-state index in [2.05, 4.69) is 25.6 Å². The van der Waals surface area contributed by atoms with E-state index in [1.54, 1.807) is 7.11 Å². The van der Waals surface area contributed by atoms with Crippen molar-refractivity contribution in [2.45, 2.75) is 25.4 Å². The molecule has 1 aliphatic heterocycles. The average molecular weight is 359 g/mol. The number of aliphatic hydroxyl groups is 1. The lowest BCUT2D eigenvalue weighted by molar-refractivity contribution is 0.145. The summed E-state index contributed by atoms with van der Waals surface area (Å²) in [6.45, 7) is 2.12. The molecular weight excluding hydrogens is 338 g/mol. The molecule has 0 unspecified atom stereocenters. The minimum Gasteiger partial charge on any atom is -0.393 e. The lowest BCUT2D eigenvalue weighted by Crippen LogP contribution is -2.36. The van der Waals surface area contributed by atoms with Gasteiger partial charge in [-0.1, -0.05) is 0 Å². The fourth-order valence-electron chi connectivity index (χ4n) is 2.81. The van der Waals surface area contributed by atoms with Crippen LogP contribution in [0.15, 0.2) is 18.2 Å². The van der Waals surface area contributed by atoms with E-state index in [1.165, 1.54) is 11.5 Å². The van der Waals surface area contributed by atoms with Crippen LogP contribution in [0.2, 0.25) is 0 Å². The van der Waals surface area contributed by atoms with Crippen molar-refractivity contribution in [1.82, 2.24) is 9.36 Å². The first-order valence-electron chi connectivity index (χ1n) is 8.25. The molecule has 2 N–H and O–H groups in total. The van der Waals surface area contributed by atoms with Gasteiger partial charge in [0.2, 0.25) is 5.13 Å². The van der Waals surface area contributed by atoms with Crippen LogP contribution in [0.25, 0.3) is 0 Å². The number of anilines is 3. The van der Waals surface area contributed by atoms with Gasteiger partial charge in [0, 0.05) is 43.8 Å². The predicted octanol–water partition coefficient (Wildman–Crippen LogP) is 2.30. The first-order chi connectivity index (χ1) is 12.2. The Morgan fingerprint density at radius 3 is 2.96 bits per heavy atom. The summed E-state index contributed by atoms with van der Waals surface area (Å²) >= 11 is 1.29. The second-order valence-electron chi connectivity index (χ2n) is 5.95. The van der Waals surface area contributed by atoms with Crippen molar-refractivity contribution in [2.75, 3.05) is 37.0 Å². The molecule has 2 aromatic rings. The third-order valence-electron chi connectivity index (χ3n) is 4.17. The number of aliphatic hydroxyl groups excluding tert-OH is 1. The molecule has 1 saturated heterocycles. The fraction of sp³-hybridized carbons (Fsp3) is 0.471. The smallest absolute Gasteiger partial charge is 0.207 e. The third kappa shape index (κ3) is 4.45. The van der Waals surface area contributed by atoms with Crippen molar-refractivity contribution in [1.29, 1.82) is 5.26 Å². The summed E-state index contributed by atoms with van der Waals surface area (Å²) < 4.78 is 9.31. The maximum atomic E-state index is 9.64. The number of piperidine rings is 1. The number of benzene rings is 1. The molecule has 132 valence electrons. The highest BCUT2D eigenvalue weighted by molar-refractivity contribution is 7.09. The van der Waals surface area contributed by atoms with Gasteiger partial charge in [-0.05, 0) is 31.0 Å². The molecule has 1 fully saturated rings. The molecule has 2 heterocycles. The summed E-state index contributed by atoms with van der Waals surface area (Å²) in [7, 11) is 1.65. The van der Waals surface area contributed by atoms with Crippen molar-refractivity contribution in [3.05, 3.63) is 29.6 Å². The third-order valence-corrected chi connectivity index (χ3v) is 4.84. The lowest BCUT2D eigenvalue weighted by Gasteiger charge is -2.32. The molecular formula is C17H21N5O2S. The molecule has 7 nitrogen and oxygen atoms in total. The minimum absolute atomic E-state index is 0.229. The van der Waals surface area contributed by atoms with Crippen LogP contribution >= 0.6 is 11.5 Å². The van der Waals surface area contributed by atoms with E-state index in [-0.39, 0.29) is 6.10 Å². The SMILES string of the molecule is COCCc1nsc(Nc2ccc(N3CCC(O)CC3)c(C#N)c2)n1. The molecule has 0 radical (unpaired) electrons. The van der Waals surface area contributed by atoms with Crippen molar-refractivity contribution in [3.63, 3.8) is 0 Å². The molecule has 3 rings (SSSR count). The number of nitrogens with zero attached hydrogens (tertiary/aromatic N) is 4. The number of nitrogens with one attached hydrogen (secondary N) is 1. The Labute approximate surface area is 151 Å². The van der Waals surface area contributed by atoms with Crippen LogP contribution in [0.1, 0.15) is 24.2 Å². The molecule has 8 heteroatoms. The van der Waals surface area contributed by atoms with E-state index in [9.17, 15) is 10.4 Å². The number of hydrogen-bond donors (Lipinski definition) is 2. The van der Waals surface area contributed by atoms with Crippen molar-refractivity contribution >= 4 is 28.0 Å². The van der Waals surface area contributed by atoms with E-state index in [0.29, 0.717) is 23.7 Å². The Kier molecular flexibility index (Phi) is 5.81. The van der Waals surface area contributed by atoms with Gasteiger partial charge in [-0.15, -0.1) is 0 Å². The number of rotatable bonds is 6. The zero-order valence-electron chi connectivity index (χ0n) is 14.1. The van der Waals surface area contributed by atoms with Crippen LogP contribution in [-0.2, 0) is 11.2 Å². The summed E-state index contributed by atoms with van der Waals surface area (Å²) in [5.41, 5.74) is 2.34. The largest absolute Gasteiger partial charge is 0.393 e. The van der Waals surface area contributed by atoms with Crippen LogP contribution in [-0.4, -0.2) is 47.4 Å². The van der Waals surface area contributed by atoms with E-state index in [1.807, 2.05) is 18.2 Å². The first kappa shape index (κ1) is 17.6. The van der Waals surface area contributed by atoms with Gasteiger partial charge < -0.3 is 20.1 Å². The van der Waals surface area contributed by atoms with Gasteiger partial charge in [0.25, 0.3) is 0 Å². The van der Waals surface area contributed by atoms with Crippen molar-refractivity contribution in [2.24, 2.45) is 0 Å². The summed E-state index contributed by atoms with van der Waals surface area (Å²) in [6.07, 6.45) is 1.92. The van der Waals surface area contributed by atoms with Gasteiger partial charge in [-0.2, -0.15) is 9.64 Å². The van der Waals surface area contributed by atoms with Crippen LogP contribution < -0.4 is 10.2 Å². The Hall–Kier alpha value is -2.21. The quantitative estimate of drug-likeness (QED) is 0.817. The standard InChI is InChI=1S/C17H21N5O2S/c1-24-9-6-16-20-17(25-21-16)19-13-2-3-15(12(10-13)11-18)22-7-4-14(23)5-8-22/h2-3,10,14,23H,4-9H2,1H3,(H,19,20,21). The van der Waals surface area contributed by atoms with Gasteiger partial charge in [-0.3, -0.25) is 0 Å². The highest BCUT2D eigenvalue weighted by Crippen LogP contribution is 2.28. The fourth-order valence-corrected chi connectivity index (χ4v) is 3.44. The highest BCUT2D eigenvalue weighted by Gasteiger charge is 2.19. The van der Waals surface area contributed by atoms with Crippen LogP contribution in [0.3, 0.4) is 0 Å². The summed E-state index contributed by atoms with van der Waals surface area (Å²) in [5.74, 6) is 0.748. The number of methoxy groups -OCH3 is 1. The van der Waals surface area contributed by atoms with E-state index < -0.39 is 0 Å². The minimum atomic E-state index is -0.229. The molecule has 1 aromatic heterocycles. The molecule has 1 aromatic carbocycles. The van der Waals surface area contributed by atoms with Gasteiger partial charge in [0.15, 0.2) is 0 Å². The molecule has 0 bridgehead atoms. The normalized spacial score (nSPS) is 15.2. The van der Waals surface area contributed by atoms with E-state index in [0.717, 1.165) is 43.1 Å². The first-order valence-corrected chi connectivity index (χ1v) is 9.02. The van der Waals surface area contributed by atoms with Gasteiger partial charge in [-0.25, -0.2) is 4.98 Å². The van der Waals surface area contributed by atoms with Crippen LogP contribution in [0.5, 0.6) is 0 Å². The monoisotopic (exact) mass is 359 g/mol. The lowest BCUT2D eigenvalue weighted by atomic mass is 10.1. The molecule has 0 aliphatic carbocycles. The zero-order valence-corrected chi connectivity index (χ0v) is 14.9. The Balaban J connectivity index is 1.71. The Morgan fingerprint density at radius 1 is 1.44 bits per heavy atom. The average Bonchev–Trinajstić information content (AvgIpc) is 3.08. The molecule has 0 saturated carbocycles. The number of aromatic nitrogens is 2. The molecule has 0 amide bonds. The van der Waals surface area contributed by atoms with Gasteiger partial charge in [0.05, 0.1) is 24.0 Å². The summed E-state index contributed by atoms with van der Waals surface area (Å²) in [6, 6.07) is 7.99. The Morgan fingerprint density at radius 2 is 2.24 bits per heavy atom.